The summed E-state index contributed by atoms with van der Waals surface area (Å²) in [6.45, 7) is 6.27. The van der Waals surface area contributed by atoms with Gasteiger partial charge in [-0.2, -0.15) is 0 Å². The monoisotopic (exact) mass is 200 g/mol. The van der Waals surface area contributed by atoms with Gasteiger partial charge in [0.05, 0.1) is 6.67 Å². The first kappa shape index (κ1) is 11.7. The van der Waals surface area contributed by atoms with Crippen LogP contribution >= 0.6 is 0 Å². The number of carbonyl (C=O) groups is 1. The van der Waals surface area contributed by atoms with E-state index in [1.807, 2.05) is 0 Å². The molecule has 0 aromatic rings. The zero-order valence-electron chi connectivity index (χ0n) is 9.48. The van der Waals surface area contributed by atoms with Crippen molar-refractivity contribution in [2.75, 3.05) is 6.67 Å². The number of Topliss-reactive ketones (excluding diaryl/α,β-unsaturated/α-hetero) is 1. The summed E-state index contributed by atoms with van der Waals surface area (Å²) in [5.41, 5.74) is 0.259. The summed E-state index contributed by atoms with van der Waals surface area (Å²) in [6.07, 6.45) is 2.98. The lowest BCUT2D eigenvalue weighted by Crippen LogP contribution is -2.32. The van der Waals surface area contributed by atoms with Crippen LogP contribution in [0.5, 0.6) is 0 Å². The summed E-state index contributed by atoms with van der Waals surface area (Å²) in [4.78, 5) is 11.5. The normalized spacial score (nSPS) is 29.3. The van der Waals surface area contributed by atoms with Gasteiger partial charge in [-0.25, -0.2) is 0 Å². The van der Waals surface area contributed by atoms with Gasteiger partial charge in [0.15, 0.2) is 0 Å². The molecule has 1 nitrogen and oxygen atoms in total. The van der Waals surface area contributed by atoms with Gasteiger partial charge in [0.25, 0.3) is 0 Å². The largest absolute Gasteiger partial charge is 0.299 e. The van der Waals surface area contributed by atoms with Crippen molar-refractivity contribution in [1.82, 2.24) is 0 Å². The number of hydrogen-bond donors (Lipinski definition) is 0. The SMILES string of the molecule is CC(C)(C)C1CCC(=O)C(CCF)C1. The molecule has 0 aromatic heterocycles. The van der Waals surface area contributed by atoms with Crippen LogP contribution in [0.1, 0.15) is 46.5 Å². The number of carbonyl (C=O) groups excluding carboxylic acids is 1. The molecule has 1 aliphatic rings. The van der Waals surface area contributed by atoms with Crippen molar-refractivity contribution in [3.8, 4) is 0 Å². The molecule has 0 spiro atoms. The molecule has 1 fully saturated rings. The first-order chi connectivity index (χ1) is 6.45. The summed E-state index contributed by atoms with van der Waals surface area (Å²) in [7, 11) is 0. The molecule has 0 radical (unpaired) electrons. The Hall–Kier alpha value is -0.400. The molecule has 1 aliphatic carbocycles. The van der Waals surface area contributed by atoms with Crippen molar-refractivity contribution in [3.63, 3.8) is 0 Å². The standard InChI is InChI=1S/C12H21FO/c1-12(2,3)10-4-5-11(14)9(8-10)6-7-13/h9-10H,4-8H2,1-3H3. The second-order valence-electron chi connectivity index (χ2n) is 5.48. The van der Waals surface area contributed by atoms with Crippen LogP contribution in [0.3, 0.4) is 0 Å². The topological polar surface area (TPSA) is 17.1 Å². The van der Waals surface area contributed by atoms with Gasteiger partial charge in [0, 0.05) is 12.3 Å². The maximum atomic E-state index is 12.2. The summed E-state index contributed by atoms with van der Waals surface area (Å²) in [5, 5.41) is 0. The fourth-order valence-corrected chi connectivity index (χ4v) is 2.31. The van der Waals surface area contributed by atoms with Gasteiger partial charge in [0.1, 0.15) is 5.78 Å². The van der Waals surface area contributed by atoms with Gasteiger partial charge in [-0.05, 0) is 30.6 Å². The van der Waals surface area contributed by atoms with Crippen molar-refractivity contribution in [3.05, 3.63) is 0 Å². The molecule has 14 heavy (non-hydrogen) atoms. The maximum Gasteiger partial charge on any atom is 0.136 e. The number of ketones is 1. The van der Waals surface area contributed by atoms with E-state index in [2.05, 4.69) is 20.8 Å². The van der Waals surface area contributed by atoms with Crippen molar-refractivity contribution < 1.29 is 9.18 Å². The molecule has 0 aliphatic heterocycles. The van der Waals surface area contributed by atoms with E-state index in [4.69, 9.17) is 0 Å². The highest BCUT2D eigenvalue weighted by Gasteiger charge is 2.34. The van der Waals surface area contributed by atoms with E-state index >= 15 is 0 Å². The van der Waals surface area contributed by atoms with E-state index in [-0.39, 0.29) is 23.8 Å². The minimum atomic E-state index is -0.354. The number of hydrogen-bond acceptors (Lipinski definition) is 1. The Morgan fingerprint density at radius 3 is 2.57 bits per heavy atom. The fourth-order valence-electron chi connectivity index (χ4n) is 2.31. The van der Waals surface area contributed by atoms with E-state index in [1.165, 1.54) is 0 Å². The van der Waals surface area contributed by atoms with Gasteiger partial charge in [-0.3, -0.25) is 9.18 Å². The van der Waals surface area contributed by atoms with Crippen LogP contribution in [0, 0.1) is 17.3 Å². The Kier molecular flexibility index (Phi) is 3.68. The molecule has 1 saturated carbocycles. The second kappa shape index (κ2) is 4.41. The molecule has 2 heteroatoms. The van der Waals surface area contributed by atoms with E-state index in [0.717, 1.165) is 12.8 Å². The van der Waals surface area contributed by atoms with Crippen LogP contribution in [0.4, 0.5) is 4.39 Å². The second-order valence-corrected chi connectivity index (χ2v) is 5.48. The zero-order chi connectivity index (χ0) is 10.8. The van der Waals surface area contributed by atoms with Crippen molar-refractivity contribution >= 4 is 5.78 Å². The Balaban J connectivity index is 2.57. The summed E-state index contributed by atoms with van der Waals surface area (Å²) in [5.74, 6) is 0.859. The van der Waals surface area contributed by atoms with E-state index in [9.17, 15) is 9.18 Å². The van der Waals surface area contributed by atoms with Crippen LogP contribution in [-0.2, 0) is 4.79 Å². The smallest absolute Gasteiger partial charge is 0.136 e. The quantitative estimate of drug-likeness (QED) is 0.668. The van der Waals surface area contributed by atoms with E-state index in [0.29, 0.717) is 18.8 Å². The third kappa shape index (κ3) is 2.79. The summed E-state index contributed by atoms with van der Waals surface area (Å²) < 4.78 is 12.2. The minimum Gasteiger partial charge on any atom is -0.299 e. The highest BCUT2D eigenvalue weighted by atomic mass is 19.1. The Morgan fingerprint density at radius 1 is 1.43 bits per heavy atom. The van der Waals surface area contributed by atoms with Crippen molar-refractivity contribution in [1.29, 1.82) is 0 Å². The zero-order valence-corrected chi connectivity index (χ0v) is 9.48. The van der Waals surface area contributed by atoms with Gasteiger partial charge >= 0.3 is 0 Å². The van der Waals surface area contributed by atoms with Crippen LogP contribution in [0.15, 0.2) is 0 Å². The lowest BCUT2D eigenvalue weighted by atomic mass is 9.68. The molecule has 0 N–H and O–H groups in total. The first-order valence-electron chi connectivity index (χ1n) is 5.54. The molecule has 2 atom stereocenters. The lowest BCUT2D eigenvalue weighted by molar-refractivity contribution is -0.126. The maximum absolute atomic E-state index is 12.2. The van der Waals surface area contributed by atoms with Gasteiger partial charge < -0.3 is 0 Å². The Bertz CT molecular complexity index is 205. The molecular weight excluding hydrogens is 179 g/mol. The lowest BCUT2D eigenvalue weighted by Gasteiger charge is -2.36. The highest BCUT2D eigenvalue weighted by molar-refractivity contribution is 5.81. The van der Waals surface area contributed by atoms with Crippen molar-refractivity contribution in [2.45, 2.75) is 46.5 Å². The third-order valence-electron chi connectivity index (χ3n) is 3.45. The molecule has 2 unspecified atom stereocenters. The van der Waals surface area contributed by atoms with Gasteiger partial charge in [0.2, 0.25) is 0 Å². The third-order valence-corrected chi connectivity index (χ3v) is 3.45. The number of alkyl halides is 1. The predicted molar refractivity (Wildman–Crippen MR) is 55.9 cm³/mol. The van der Waals surface area contributed by atoms with Crippen LogP contribution in [-0.4, -0.2) is 12.5 Å². The first-order valence-corrected chi connectivity index (χ1v) is 5.54. The average Bonchev–Trinajstić information content (AvgIpc) is 2.07. The van der Waals surface area contributed by atoms with Gasteiger partial charge in [-0.15, -0.1) is 0 Å². The average molecular weight is 200 g/mol. The molecule has 1 rings (SSSR count). The van der Waals surface area contributed by atoms with Crippen molar-refractivity contribution in [2.24, 2.45) is 17.3 Å². The summed E-state index contributed by atoms with van der Waals surface area (Å²) in [6, 6.07) is 0. The molecule has 0 aromatic carbocycles. The number of rotatable bonds is 2. The molecular formula is C12H21FO. The van der Waals surface area contributed by atoms with Gasteiger partial charge in [-0.1, -0.05) is 20.8 Å². The fraction of sp³-hybridized carbons (Fsp3) is 0.917. The number of halogens is 1. The molecule has 0 bridgehead atoms. The van der Waals surface area contributed by atoms with Crippen LogP contribution in [0.2, 0.25) is 0 Å². The Morgan fingerprint density at radius 2 is 2.07 bits per heavy atom. The Labute approximate surface area is 86.1 Å². The highest BCUT2D eigenvalue weighted by Crippen LogP contribution is 2.39. The predicted octanol–water partition coefficient (Wildman–Crippen LogP) is 3.38. The molecule has 0 saturated heterocycles. The minimum absolute atomic E-state index is 0.00188. The molecule has 0 amide bonds. The van der Waals surface area contributed by atoms with E-state index < -0.39 is 0 Å². The van der Waals surface area contributed by atoms with E-state index in [1.54, 1.807) is 0 Å². The molecule has 0 heterocycles. The van der Waals surface area contributed by atoms with Crippen LogP contribution < -0.4 is 0 Å². The summed E-state index contributed by atoms with van der Waals surface area (Å²) >= 11 is 0. The molecule has 82 valence electrons. The van der Waals surface area contributed by atoms with Crippen LogP contribution in [0.25, 0.3) is 0 Å².